The van der Waals surface area contributed by atoms with Crippen LogP contribution in [-0.4, -0.2) is 36.3 Å². The van der Waals surface area contributed by atoms with E-state index in [2.05, 4.69) is 39.7 Å². The molecule has 0 aliphatic carbocycles. The smallest absolute Gasteiger partial charge is 0.271 e. The number of thioether (sulfide) groups is 1. The molecule has 0 spiro atoms. The van der Waals surface area contributed by atoms with Gasteiger partial charge in [-0.05, 0) is 44.4 Å². The van der Waals surface area contributed by atoms with E-state index in [1.807, 2.05) is 39.0 Å². The van der Waals surface area contributed by atoms with Gasteiger partial charge in [-0.2, -0.15) is 5.10 Å². The van der Waals surface area contributed by atoms with Gasteiger partial charge in [0.1, 0.15) is 0 Å². The molecule has 9 heteroatoms. The molecule has 1 aromatic carbocycles. The molecule has 0 unspecified atom stereocenters. The number of aryl methyl sites for hydroxylation is 3. The SMILES string of the molecule is CCc1ccc([C@H](C)NC(=O)CSc2nnc(-n3nc(C)cc3C)n2N)cc1. The van der Waals surface area contributed by atoms with Gasteiger partial charge in [0.05, 0.1) is 17.5 Å². The molecule has 0 aliphatic heterocycles. The first-order valence-electron chi connectivity index (χ1n) is 9.14. The first kappa shape index (κ1) is 19.9. The first-order valence-corrected chi connectivity index (χ1v) is 10.1. The maximum absolute atomic E-state index is 12.3. The van der Waals surface area contributed by atoms with E-state index in [4.69, 9.17) is 5.84 Å². The Labute approximate surface area is 168 Å². The van der Waals surface area contributed by atoms with Gasteiger partial charge >= 0.3 is 0 Å². The first-order chi connectivity index (χ1) is 13.4. The number of aromatic nitrogens is 5. The van der Waals surface area contributed by atoms with Crippen LogP contribution in [0.15, 0.2) is 35.5 Å². The monoisotopic (exact) mass is 399 g/mol. The fourth-order valence-corrected chi connectivity index (χ4v) is 3.55. The standard InChI is InChI=1S/C19H25N7OS/c1-5-15-6-8-16(9-7-15)14(4)21-17(27)11-28-19-23-22-18(25(19)20)26-13(3)10-12(2)24-26/h6-10,14H,5,11,20H2,1-4H3,(H,21,27)/t14-/m0/s1. The number of nitrogens with two attached hydrogens (primary N) is 1. The quantitative estimate of drug-likeness (QED) is 0.467. The van der Waals surface area contributed by atoms with Gasteiger partial charge in [0, 0.05) is 5.69 Å². The van der Waals surface area contributed by atoms with Crippen molar-refractivity contribution in [2.24, 2.45) is 0 Å². The van der Waals surface area contributed by atoms with Gasteiger partial charge in [-0.25, -0.2) is 9.36 Å². The number of nitrogens with zero attached hydrogens (tertiary/aromatic N) is 5. The summed E-state index contributed by atoms with van der Waals surface area (Å²) in [5, 5.41) is 16.0. The van der Waals surface area contributed by atoms with Crippen molar-refractivity contribution in [3.8, 4) is 5.95 Å². The Morgan fingerprint density at radius 3 is 2.57 bits per heavy atom. The Bertz CT molecular complexity index is 961. The molecule has 3 rings (SSSR count). The van der Waals surface area contributed by atoms with Gasteiger partial charge in [0.25, 0.3) is 5.95 Å². The molecule has 2 aromatic heterocycles. The second kappa shape index (κ2) is 8.47. The van der Waals surface area contributed by atoms with Crippen molar-refractivity contribution < 1.29 is 4.79 Å². The topological polar surface area (TPSA) is 104 Å². The number of amides is 1. The summed E-state index contributed by atoms with van der Waals surface area (Å²) in [6.45, 7) is 7.91. The Kier molecular flexibility index (Phi) is 6.03. The normalized spacial score (nSPS) is 12.1. The van der Waals surface area contributed by atoms with Crippen LogP contribution in [0.5, 0.6) is 0 Å². The number of benzene rings is 1. The molecule has 0 aliphatic rings. The third kappa shape index (κ3) is 4.36. The summed E-state index contributed by atoms with van der Waals surface area (Å²) >= 11 is 1.24. The average molecular weight is 400 g/mol. The third-order valence-electron chi connectivity index (χ3n) is 4.44. The summed E-state index contributed by atoms with van der Waals surface area (Å²) in [7, 11) is 0. The van der Waals surface area contributed by atoms with Gasteiger partial charge in [-0.1, -0.05) is 43.0 Å². The molecule has 2 heterocycles. The maximum atomic E-state index is 12.3. The van der Waals surface area contributed by atoms with E-state index in [1.165, 1.54) is 22.0 Å². The van der Waals surface area contributed by atoms with E-state index in [0.29, 0.717) is 11.1 Å². The van der Waals surface area contributed by atoms with E-state index in [9.17, 15) is 4.79 Å². The van der Waals surface area contributed by atoms with Crippen molar-refractivity contribution in [2.75, 3.05) is 11.6 Å². The van der Waals surface area contributed by atoms with E-state index in [-0.39, 0.29) is 17.7 Å². The molecule has 1 atom stereocenters. The zero-order valence-electron chi connectivity index (χ0n) is 16.5. The van der Waals surface area contributed by atoms with E-state index in [1.54, 1.807) is 4.68 Å². The highest BCUT2D eigenvalue weighted by Crippen LogP contribution is 2.18. The van der Waals surface area contributed by atoms with Gasteiger partial charge in [-0.3, -0.25) is 4.79 Å². The lowest BCUT2D eigenvalue weighted by atomic mass is 10.1. The van der Waals surface area contributed by atoms with Crippen LogP contribution >= 0.6 is 11.8 Å². The molecule has 0 bridgehead atoms. The van der Waals surface area contributed by atoms with E-state index in [0.717, 1.165) is 23.4 Å². The predicted molar refractivity (Wildman–Crippen MR) is 110 cm³/mol. The zero-order valence-corrected chi connectivity index (χ0v) is 17.3. The van der Waals surface area contributed by atoms with Gasteiger partial charge in [0.2, 0.25) is 11.1 Å². The molecule has 3 aromatic rings. The van der Waals surface area contributed by atoms with E-state index < -0.39 is 0 Å². The summed E-state index contributed by atoms with van der Waals surface area (Å²) < 4.78 is 2.98. The molecule has 0 fully saturated rings. The van der Waals surface area contributed by atoms with Crippen LogP contribution in [0, 0.1) is 13.8 Å². The van der Waals surface area contributed by atoms with Crippen molar-refractivity contribution in [2.45, 2.75) is 45.3 Å². The van der Waals surface area contributed by atoms with Crippen LogP contribution in [0.25, 0.3) is 5.95 Å². The Balaban J connectivity index is 1.59. The number of hydrogen-bond donors (Lipinski definition) is 2. The highest BCUT2D eigenvalue weighted by Gasteiger charge is 2.17. The number of hydrogen-bond acceptors (Lipinski definition) is 6. The minimum absolute atomic E-state index is 0.0694. The molecule has 0 radical (unpaired) electrons. The molecule has 8 nitrogen and oxygen atoms in total. The van der Waals surface area contributed by atoms with Crippen molar-refractivity contribution >= 4 is 17.7 Å². The molecule has 1 amide bonds. The molecule has 3 N–H and O–H groups in total. The summed E-state index contributed by atoms with van der Waals surface area (Å²) in [6.07, 6.45) is 0.997. The highest BCUT2D eigenvalue weighted by molar-refractivity contribution is 7.99. The van der Waals surface area contributed by atoms with Crippen LogP contribution in [0.3, 0.4) is 0 Å². The number of nitrogen functional groups attached to an aromatic ring is 1. The fraction of sp³-hybridized carbons (Fsp3) is 0.368. The van der Waals surface area contributed by atoms with Crippen molar-refractivity contribution in [3.63, 3.8) is 0 Å². The molecule has 28 heavy (non-hydrogen) atoms. The molecule has 148 valence electrons. The van der Waals surface area contributed by atoms with Crippen LogP contribution in [0.1, 0.15) is 42.4 Å². The lowest BCUT2D eigenvalue weighted by Gasteiger charge is -2.14. The largest absolute Gasteiger partial charge is 0.349 e. The predicted octanol–water partition coefficient (Wildman–Crippen LogP) is 2.33. The van der Waals surface area contributed by atoms with Crippen molar-refractivity contribution in [1.29, 1.82) is 0 Å². The zero-order chi connectivity index (χ0) is 20.3. The van der Waals surface area contributed by atoms with Crippen molar-refractivity contribution in [3.05, 3.63) is 52.8 Å². The second-order valence-corrected chi connectivity index (χ2v) is 7.61. The summed E-state index contributed by atoms with van der Waals surface area (Å²) in [5.41, 5.74) is 4.13. The lowest BCUT2D eigenvalue weighted by molar-refractivity contribution is -0.119. The minimum Gasteiger partial charge on any atom is -0.349 e. The second-order valence-electron chi connectivity index (χ2n) is 6.66. The molecular formula is C19H25N7OS. The minimum atomic E-state index is -0.0901. The average Bonchev–Trinajstić information content (AvgIpc) is 3.20. The van der Waals surface area contributed by atoms with Crippen LogP contribution in [0.2, 0.25) is 0 Å². The number of carbonyl (C=O) groups is 1. The summed E-state index contributed by atoms with van der Waals surface area (Å²) in [5.74, 6) is 6.62. The Morgan fingerprint density at radius 2 is 1.96 bits per heavy atom. The Hall–Kier alpha value is -2.81. The van der Waals surface area contributed by atoms with E-state index >= 15 is 0 Å². The molecule has 0 saturated carbocycles. The fourth-order valence-electron chi connectivity index (χ4n) is 2.88. The third-order valence-corrected chi connectivity index (χ3v) is 5.39. The van der Waals surface area contributed by atoms with Crippen LogP contribution < -0.4 is 11.2 Å². The lowest BCUT2D eigenvalue weighted by Crippen LogP contribution is -2.28. The molecular weight excluding hydrogens is 374 g/mol. The molecule has 0 saturated heterocycles. The highest BCUT2D eigenvalue weighted by atomic mass is 32.2. The van der Waals surface area contributed by atoms with Crippen molar-refractivity contribution in [1.82, 2.24) is 30.0 Å². The number of carbonyl (C=O) groups excluding carboxylic acids is 1. The van der Waals surface area contributed by atoms with Gasteiger partial charge in [-0.15, -0.1) is 10.2 Å². The van der Waals surface area contributed by atoms with Gasteiger partial charge < -0.3 is 11.2 Å². The van der Waals surface area contributed by atoms with Crippen LogP contribution in [0.4, 0.5) is 0 Å². The Morgan fingerprint density at radius 1 is 1.25 bits per heavy atom. The van der Waals surface area contributed by atoms with Crippen LogP contribution in [-0.2, 0) is 11.2 Å². The number of nitrogens with one attached hydrogen (secondary N) is 1. The maximum Gasteiger partial charge on any atom is 0.271 e. The van der Waals surface area contributed by atoms with Gasteiger partial charge in [0.15, 0.2) is 0 Å². The summed E-state index contributed by atoms with van der Waals surface area (Å²) in [6, 6.07) is 10.1. The summed E-state index contributed by atoms with van der Waals surface area (Å²) in [4.78, 5) is 12.3. The number of rotatable bonds is 7.